The number of aliphatic hydroxyl groups is 1. The lowest BCUT2D eigenvalue weighted by Crippen LogP contribution is -2.28. The summed E-state index contributed by atoms with van der Waals surface area (Å²) in [7, 11) is 1.91. The van der Waals surface area contributed by atoms with Crippen LogP contribution in [0.25, 0.3) is 0 Å². The predicted molar refractivity (Wildman–Crippen MR) is 76.1 cm³/mol. The van der Waals surface area contributed by atoms with Gasteiger partial charge >= 0.3 is 0 Å². The first kappa shape index (κ1) is 16.2. The van der Waals surface area contributed by atoms with Gasteiger partial charge in [-0.3, -0.25) is 4.90 Å². The number of nitriles is 1. The minimum atomic E-state index is -0.322. The van der Waals surface area contributed by atoms with Crippen LogP contribution in [0, 0.1) is 29.0 Å². The highest BCUT2D eigenvalue weighted by Gasteiger charge is 2.10. The molecule has 0 aliphatic rings. The molecule has 0 saturated heterocycles. The van der Waals surface area contributed by atoms with E-state index in [9.17, 15) is 4.39 Å². The van der Waals surface area contributed by atoms with E-state index >= 15 is 0 Å². The Kier molecular flexibility index (Phi) is 6.73. The first-order valence-corrected chi connectivity index (χ1v) is 6.53. The molecule has 3 nitrogen and oxygen atoms in total. The average molecular weight is 274 g/mol. The summed E-state index contributed by atoms with van der Waals surface area (Å²) in [6.07, 6.45) is 0.819. The predicted octanol–water partition coefficient (Wildman–Crippen LogP) is 2.29. The molecule has 0 aromatic heterocycles. The number of hydrogen-bond donors (Lipinski definition) is 1. The van der Waals surface area contributed by atoms with E-state index in [-0.39, 0.29) is 18.5 Å². The molecular weight excluding hydrogens is 255 g/mol. The highest BCUT2D eigenvalue weighted by Crippen LogP contribution is 2.12. The number of nitrogens with zero attached hydrogens (tertiary/aromatic N) is 2. The van der Waals surface area contributed by atoms with Crippen molar-refractivity contribution in [2.24, 2.45) is 0 Å². The molecule has 20 heavy (non-hydrogen) atoms. The molecule has 0 aliphatic heterocycles. The van der Waals surface area contributed by atoms with Crippen LogP contribution in [0.2, 0.25) is 0 Å². The summed E-state index contributed by atoms with van der Waals surface area (Å²) >= 11 is 0. The number of rotatable bonds is 5. The fourth-order valence-corrected chi connectivity index (χ4v) is 1.77. The number of aliphatic hydroxyl groups excluding tert-OH is 1. The van der Waals surface area contributed by atoms with Crippen LogP contribution in [0.15, 0.2) is 18.2 Å². The topological polar surface area (TPSA) is 47.3 Å². The zero-order valence-electron chi connectivity index (χ0n) is 11.9. The van der Waals surface area contributed by atoms with Gasteiger partial charge in [0.1, 0.15) is 5.82 Å². The van der Waals surface area contributed by atoms with Gasteiger partial charge in [0.2, 0.25) is 0 Å². The number of benzene rings is 1. The first-order valence-electron chi connectivity index (χ1n) is 6.53. The van der Waals surface area contributed by atoms with E-state index in [4.69, 9.17) is 10.4 Å². The second-order valence-corrected chi connectivity index (χ2v) is 4.75. The number of halogens is 1. The van der Waals surface area contributed by atoms with Crippen LogP contribution in [-0.2, 0) is 6.54 Å². The summed E-state index contributed by atoms with van der Waals surface area (Å²) in [4.78, 5) is 2.00. The molecule has 0 spiro atoms. The third-order valence-electron chi connectivity index (χ3n) is 3.00. The van der Waals surface area contributed by atoms with E-state index in [1.807, 2.05) is 24.9 Å². The van der Waals surface area contributed by atoms with Gasteiger partial charge in [-0.1, -0.05) is 11.8 Å². The molecule has 1 rings (SSSR count). The van der Waals surface area contributed by atoms with E-state index in [1.165, 1.54) is 12.1 Å². The monoisotopic (exact) mass is 274 g/mol. The van der Waals surface area contributed by atoms with Crippen LogP contribution in [0.1, 0.15) is 30.9 Å². The lowest BCUT2D eigenvalue weighted by Gasteiger charge is -2.22. The first-order chi connectivity index (χ1) is 9.56. The maximum Gasteiger partial charge on any atom is 0.124 e. The van der Waals surface area contributed by atoms with Crippen LogP contribution in [-0.4, -0.2) is 29.7 Å². The van der Waals surface area contributed by atoms with Gasteiger partial charge in [-0.25, -0.2) is 4.39 Å². The smallest absolute Gasteiger partial charge is 0.124 e. The van der Waals surface area contributed by atoms with Gasteiger partial charge in [-0.2, -0.15) is 5.26 Å². The summed E-state index contributed by atoms with van der Waals surface area (Å²) in [6, 6.07) is 6.94. The van der Waals surface area contributed by atoms with Crippen LogP contribution in [0.3, 0.4) is 0 Å². The van der Waals surface area contributed by atoms with Crippen molar-refractivity contribution in [3.63, 3.8) is 0 Å². The fourth-order valence-electron chi connectivity index (χ4n) is 1.77. The van der Waals surface area contributed by atoms with E-state index in [0.717, 1.165) is 5.56 Å². The largest absolute Gasteiger partial charge is 0.395 e. The number of hydrogen-bond acceptors (Lipinski definition) is 3. The van der Waals surface area contributed by atoms with Crippen molar-refractivity contribution in [2.75, 3.05) is 13.7 Å². The minimum Gasteiger partial charge on any atom is -0.395 e. The quantitative estimate of drug-likeness (QED) is 0.838. The Balaban J connectivity index is 2.81. The third kappa shape index (κ3) is 5.40. The van der Waals surface area contributed by atoms with Gasteiger partial charge in [0.25, 0.3) is 0 Å². The zero-order valence-corrected chi connectivity index (χ0v) is 11.9. The maximum absolute atomic E-state index is 13.5. The van der Waals surface area contributed by atoms with Crippen LogP contribution in [0.5, 0.6) is 0 Å². The summed E-state index contributed by atoms with van der Waals surface area (Å²) < 4.78 is 13.5. The van der Waals surface area contributed by atoms with Crippen LogP contribution < -0.4 is 0 Å². The second-order valence-electron chi connectivity index (χ2n) is 4.75. The Labute approximate surface area is 119 Å². The highest BCUT2D eigenvalue weighted by atomic mass is 19.1. The summed E-state index contributed by atoms with van der Waals surface area (Å²) in [6.45, 7) is 2.53. The SMILES string of the molecule is CC(CC#N)N(C)Cc1cc(F)cc(C#CCCO)c1. The third-order valence-corrected chi connectivity index (χ3v) is 3.00. The highest BCUT2D eigenvalue weighted by molar-refractivity contribution is 5.37. The van der Waals surface area contributed by atoms with E-state index in [0.29, 0.717) is 24.9 Å². The van der Waals surface area contributed by atoms with Crippen molar-refractivity contribution < 1.29 is 9.50 Å². The van der Waals surface area contributed by atoms with Gasteiger partial charge in [0, 0.05) is 24.6 Å². The Hall–Kier alpha value is -1.88. The van der Waals surface area contributed by atoms with Crippen molar-refractivity contribution in [3.05, 3.63) is 35.1 Å². The molecular formula is C16H19FN2O. The maximum atomic E-state index is 13.5. The van der Waals surface area contributed by atoms with Crippen molar-refractivity contribution >= 4 is 0 Å². The van der Waals surface area contributed by atoms with Gasteiger partial charge in [-0.05, 0) is 37.7 Å². The molecule has 0 saturated carbocycles. The molecule has 1 N–H and O–H groups in total. The molecule has 4 heteroatoms. The second kappa shape index (κ2) is 8.32. The van der Waals surface area contributed by atoms with Gasteiger partial charge < -0.3 is 5.11 Å². The van der Waals surface area contributed by atoms with Gasteiger partial charge in [0.05, 0.1) is 19.1 Å². The van der Waals surface area contributed by atoms with Gasteiger partial charge in [-0.15, -0.1) is 0 Å². The summed E-state index contributed by atoms with van der Waals surface area (Å²) in [5.74, 6) is 5.29. The normalized spacial score (nSPS) is 11.6. The fraction of sp³-hybridized carbons (Fsp3) is 0.438. The molecule has 0 aliphatic carbocycles. The molecule has 1 aromatic carbocycles. The molecule has 1 atom stereocenters. The molecule has 0 radical (unpaired) electrons. The van der Waals surface area contributed by atoms with E-state index in [2.05, 4.69) is 17.9 Å². The molecule has 1 unspecified atom stereocenters. The lowest BCUT2D eigenvalue weighted by molar-refractivity contribution is 0.252. The Bertz CT molecular complexity index is 540. The molecule has 0 heterocycles. The van der Waals surface area contributed by atoms with Crippen LogP contribution >= 0.6 is 0 Å². The zero-order chi connectivity index (χ0) is 15.0. The average Bonchev–Trinajstić information content (AvgIpc) is 2.38. The molecule has 0 amide bonds. The Morgan fingerprint density at radius 2 is 2.15 bits per heavy atom. The molecule has 0 fully saturated rings. The molecule has 106 valence electrons. The molecule has 0 bridgehead atoms. The standard InChI is InChI=1S/C16H19FN2O/c1-13(6-7-18)19(2)12-15-9-14(5-3-4-8-20)10-16(17)11-15/h9-11,13,20H,4,6,8,12H2,1-2H3. The van der Waals surface area contributed by atoms with Crippen molar-refractivity contribution in [3.8, 4) is 17.9 Å². The molecule has 1 aromatic rings. The summed E-state index contributed by atoms with van der Waals surface area (Å²) in [5.41, 5.74) is 1.43. The van der Waals surface area contributed by atoms with Crippen LogP contribution in [0.4, 0.5) is 4.39 Å². The van der Waals surface area contributed by atoms with E-state index < -0.39 is 0 Å². The van der Waals surface area contributed by atoms with Crippen molar-refractivity contribution in [1.82, 2.24) is 4.90 Å². The van der Waals surface area contributed by atoms with E-state index in [1.54, 1.807) is 0 Å². The van der Waals surface area contributed by atoms with Crippen molar-refractivity contribution in [2.45, 2.75) is 32.4 Å². The summed E-state index contributed by atoms with van der Waals surface area (Å²) in [5, 5.41) is 17.4. The minimum absolute atomic E-state index is 0.00356. The Morgan fingerprint density at radius 1 is 1.40 bits per heavy atom. The van der Waals surface area contributed by atoms with Crippen molar-refractivity contribution in [1.29, 1.82) is 5.26 Å². The Morgan fingerprint density at radius 3 is 2.80 bits per heavy atom. The van der Waals surface area contributed by atoms with Gasteiger partial charge in [0.15, 0.2) is 0 Å². The lowest BCUT2D eigenvalue weighted by atomic mass is 10.1.